The van der Waals surface area contributed by atoms with Gasteiger partial charge in [-0.3, -0.25) is 28.8 Å². The van der Waals surface area contributed by atoms with Gasteiger partial charge in [0, 0.05) is 99.8 Å². The molecule has 4 aliphatic heterocycles. The van der Waals surface area contributed by atoms with E-state index in [1.165, 1.54) is 16.7 Å². The van der Waals surface area contributed by atoms with Crippen molar-refractivity contribution in [2.45, 2.75) is 57.9 Å². The second-order valence-corrected chi connectivity index (χ2v) is 21.0. The van der Waals surface area contributed by atoms with Crippen LogP contribution in [0.1, 0.15) is 52.3 Å². The average molecular weight is 1120 g/mol. The number of carbonyl (C=O) groups excluding carboxylic acids is 3. The number of aryl methyl sites for hydroxylation is 1. The summed E-state index contributed by atoms with van der Waals surface area (Å²) in [6, 6.07) is 23.9. The van der Waals surface area contributed by atoms with Crippen molar-refractivity contribution >= 4 is 51.6 Å². The number of piperidine rings is 1. The molecule has 0 saturated carbocycles. The Bertz CT molecular complexity index is 3330. The summed E-state index contributed by atoms with van der Waals surface area (Å²) in [7, 11) is 0. The Kier molecular flexibility index (Phi) is 16.4. The van der Waals surface area contributed by atoms with Crippen LogP contribution in [-0.4, -0.2) is 170 Å². The van der Waals surface area contributed by atoms with Crippen LogP contribution in [0.2, 0.25) is 5.02 Å². The molecule has 0 aliphatic carbocycles. The summed E-state index contributed by atoms with van der Waals surface area (Å²) in [5, 5.41) is 43.1. The van der Waals surface area contributed by atoms with E-state index in [0.717, 1.165) is 45.2 Å². The van der Waals surface area contributed by atoms with Gasteiger partial charge in [-0.05, 0) is 92.2 Å². The Balaban J connectivity index is 0.740. The number of likely N-dealkylation sites (tertiary alicyclic amines) is 1. The van der Waals surface area contributed by atoms with Crippen LogP contribution in [0.4, 0.5) is 24.7 Å². The minimum absolute atomic E-state index is 0.0130. The summed E-state index contributed by atoms with van der Waals surface area (Å²) >= 11 is 6.79. The van der Waals surface area contributed by atoms with Gasteiger partial charge in [0.1, 0.15) is 30.5 Å². The van der Waals surface area contributed by atoms with Crippen molar-refractivity contribution in [3.8, 4) is 40.7 Å². The summed E-state index contributed by atoms with van der Waals surface area (Å²) in [6.07, 6.45) is -1.15. The van der Waals surface area contributed by atoms with Crippen LogP contribution in [-0.2, 0) is 29.1 Å². The number of alkyl halides is 3. The fourth-order valence-electron chi connectivity index (χ4n) is 11.2. The van der Waals surface area contributed by atoms with Crippen molar-refractivity contribution in [1.82, 2.24) is 49.6 Å². The minimum atomic E-state index is -4.66. The van der Waals surface area contributed by atoms with Crippen molar-refractivity contribution < 1.29 is 42.5 Å². The molecule has 4 aromatic carbocycles. The molecule has 80 heavy (non-hydrogen) atoms. The van der Waals surface area contributed by atoms with E-state index in [9.17, 15) is 43.0 Å². The zero-order valence-corrected chi connectivity index (χ0v) is 45.0. The van der Waals surface area contributed by atoms with E-state index in [1.807, 2.05) is 40.5 Å². The summed E-state index contributed by atoms with van der Waals surface area (Å²) in [6.45, 7) is 11.7. The van der Waals surface area contributed by atoms with Gasteiger partial charge in [-0.25, -0.2) is 0 Å². The number of nitriles is 1. The lowest BCUT2D eigenvalue weighted by Crippen LogP contribution is -2.55. The molecule has 3 saturated heterocycles. The Labute approximate surface area is 465 Å². The molecule has 23 heteroatoms. The van der Waals surface area contributed by atoms with Gasteiger partial charge in [-0.15, -0.1) is 10.2 Å². The molecular formula is C57H61ClF3N13O6. The number of nitrogens with one attached hydrogen (secondary N) is 1. The number of aromatic hydroxyl groups is 2. The van der Waals surface area contributed by atoms with Crippen LogP contribution < -0.4 is 19.9 Å². The number of amides is 3. The number of hydrogen-bond donors (Lipinski definition) is 3. The number of rotatable bonds is 15. The number of halogens is 4. The number of fused-ring (bicyclic) bond motifs is 2. The van der Waals surface area contributed by atoms with Crippen LogP contribution in [0.15, 0.2) is 85.5 Å². The molecule has 19 nitrogen and oxygen atoms in total. The van der Waals surface area contributed by atoms with Crippen LogP contribution >= 0.6 is 11.6 Å². The van der Waals surface area contributed by atoms with Gasteiger partial charge in [0.15, 0.2) is 5.82 Å². The van der Waals surface area contributed by atoms with Gasteiger partial charge in [-0.2, -0.15) is 28.4 Å². The molecule has 0 bridgehead atoms. The predicted molar refractivity (Wildman–Crippen MR) is 294 cm³/mol. The van der Waals surface area contributed by atoms with Crippen molar-refractivity contribution in [2.75, 3.05) is 94.9 Å². The highest BCUT2D eigenvalue weighted by Gasteiger charge is 2.36. The number of hydrogen-bond acceptors (Lipinski definition) is 15. The second-order valence-electron chi connectivity index (χ2n) is 20.6. The molecule has 6 aromatic rings. The van der Waals surface area contributed by atoms with Crippen LogP contribution in [0.5, 0.6) is 17.5 Å². The van der Waals surface area contributed by atoms with E-state index in [-0.39, 0.29) is 59.1 Å². The fourth-order valence-corrected chi connectivity index (χ4v) is 11.5. The molecule has 2 aromatic heterocycles. The van der Waals surface area contributed by atoms with E-state index < -0.39 is 24.5 Å². The minimum Gasteiger partial charge on any atom is -0.508 e. The monoisotopic (exact) mass is 1120 g/mol. The summed E-state index contributed by atoms with van der Waals surface area (Å²) in [5.74, 6) is -1.50. The number of phenolic OH excluding ortho intramolecular Hbond substituents is 2. The smallest absolute Gasteiger partial charge is 0.405 e. The lowest BCUT2D eigenvalue weighted by Gasteiger charge is -2.42. The molecule has 6 heterocycles. The molecule has 4 aliphatic rings. The molecule has 1 unspecified atom stereocenters. The zero-order valence-electron chi connectivity index (χ0n) is 44.2. The molecule has 1 atom stereocenters. The number of phenols is 2. The Hall–Kier alpha value is -8.00. The third kappa shape index (κ3) is 12.1. The molecule has 0 spiro atoms. The maximum Gasteiger partial charge on any atom is 0.405 e. The lowest BCUT2D eigenvalue weighted by molar-refractivity contribution is -0.139. The van der Waals surface area contributed by atoms with Crippen molar-refractivity contribution in [2.24, 2.45) is 5.92 Å². The highest BCUT2D eigenvalue weighted by Crippen LogP contribution is 2.39. The van der Waals surface area contributed by atoms with Crippen molar-refractivity contribution in [1.29, 1.82) is 5.26 Å². The quantitative estimate of drug-likeness (QED) is 0.0918. The molecule has 3 N–H and O–H groups in total. The van der Waals surface area contributed by atoms with Crippen molar-refractivity contribution in [3.63, 3.8) is 0 Å². The number of piperazine rings is 2. The first kappa shape index (κ1) is 55.3. The summed E-state index contributed by atoms with van der Waals surface area (Å²) < 4.78 is 46.8. The van der Waals surface area contributed by atoms with E-state index in [2.05, 4.69) is 60.6 Å². The lowest BCUT2D eigenvalue weighted by atomic mass is 9.94. The molecule has 3 fully saturated rings. The van der Waals surface area contributed by atoms with Crippen LogP contribution in [0.3, 0.4) is 0 Å². The standard InChI is InChI=1S/C57H61ClF3N13O6/c1-3-49(77)73-27-26-72(33-41(73)14-18-62)51-42-17-21-71(46-9-5-7-38-6-4-8-44(58)50(38)46)34-45(42)64-56(65-51)80-29-28-68-22-24-70(25-23-68)55(79)39-15-19-69(20-16-39)32-37-10-12-40(13-11-37)74-52(43-30-36(2)47(75)31-48(43)76)66-67-53(74)54(78)63-35-57(59,60)61/h3-13,30-31,39,41,75-76H,1,14-17,19-29,32-35H2,2H3,(H,63,78). The molecule has 418 valence electrons. The van der Waals surface area contributed by atoms with E-state index >= 15 is 0 Å². The first-order chi connectivity index (χ1) is 38.5. The Morgan fingerprint density at radius 1 is 0.900 bits per heavy atom. The first-order valence-electron chi connectivity index (χ1n) is 26.7. The third-order valence-electron chi connectivity index (χ3n) is 15.5. The van der Waals surface area contributed by atoms with Gasteiger partial charge < -0.3 is 39.9 Å². The third-order valence-corrected chi connectivity index (χ3v) is 15.8. The summed E-state index contributed by atoms with van der Waals surface area (Å²) in [5.41, 5.74) is 4.67. The van der Waals surface area contributed by atoms with Gasteiger partial charge in [0.25, 0.3) is 5.91 Å². The number of nitrogens with zero attached hydrogens (tertiary/aromatic N) is 12. The second kappa shape index (κ2) is 23.8. The highest BCUT2D eigenvalue weighted by atomic mass is 35.5. The van der Waals surface area contributed by atoms with Crippen LogP contribution in [0.25, 0.3) is 27.8 Å². The molecular weight excluding hydrogens is 1060 g/mol. The van der Waals surface area contributed by atoms with Gasteiger partial charge in [-0.1, -0.05) is 54.6 Å². The highest BCUT2D eigenvalue weighted by molar-refractivity contribution is 6.36. The number of ether oxygens (including phenoxy) is 1. The van der Waals surface area contributed by atoms with E-state index in [0.29, 0.717) is 127 Å². The Morgan fingerprint density at radius 2 is 1.65 bits per heavy atom. The predicted octanol–water partition coefficient (Wildman–Crippen LogP) is 6.66. The fraction of sp³-hybridized carbons (Fsp3) is 0.404. The molecule has 0 radical (unpaired) electrons. The number of carbonyl (C=O) groups is 3. The average Bonchev–Trinajstić information content (AvgIpc) is 4.07. The largest absolute Gasteiger partial charge is 0.508 e. The van der Waals surface area contributed by atoms with Gasteiger partial charge in [0.2, 0.25) is 17.6 Å². The number of anilines is 2. The number of benzene rings is 4. The summed E-state index contributed by atoms with van der Waals surface area (Å²) in [4.78, 5) is 62.4. The van der Waals surface area contributed by atoms with Gasteiger partial charge >= 0.3 is 12.2 Å². The Morgan fingerprint density at radius 3 is 2.38 bits per heavy atom. The maximum absolute atomic E-state index is 13.9. The van der Waals surface area contributed by atoms with Crippen molar-refractivity contribution in [3.05, 3.63) is 119 Å². The topological polar surface area (TPSA) is 213 Å². The zero-order chi connectivity index (χ0) is 56.2. The van der Waals surface area contributed by atoms with Crippen LogP contribution in [0, 0.1) is 24.2 Å². The van der Waals surface area contributed by atoms with Gasteiger partial charge in [0.05, 0.1) is 41.4 Å². The number of aromatic nitrogens is 5. The normalized spacial score (nSPS) is 17.5. The molecule has 10 rings (SSSR count). The van der Waals surface area contributed by atoms with E-state index in [4.69, 9.17) is 26.3 Å². The molecule has 3 amide bonds. The van der Waals surface area contributed by atoms with E-state index in [1.54, 1.807) is 24.0 Å². The SMILES string of the molecule is C=CC(=O)N1CCN(c2nc(OCCN3CCN(C(=O)C4CCN(Cc5ccc(-n6c(C(=O)NCC(F)(F)F)nnc6-c6cc(C)c(O)cc6O)cc5)CC4)CC3)nc3c2CCN(c2cccc4cccc(Cl)c24)C3)CC1CC#N. The maximum atomic E-state index is 13.9. The first-order valence-corrected chi connectivity index (χ1v) is 27.1.